The maximum absolute atomic E-state index is 14.0. The summed E-state index contributed by atoms with van der Waals surface area (Å²) in [5.74, 6) is -0.368. The van der Waals surface area contributed by atoms with E-state index in [4.69, 9.17) is 5.73 Å². The van der Waals surface area contributed by atoms with Gasteiger partial charge in [0.1, 0.15) is 5.82 Å². The molecule has 1 fully saturated rings. The van der Waals surface area contributed by atoms with Crippen molar-refractivity contribution in [1.29, 1.82) is 0 Å². The topological polar surface area (TPSA) is 46.3 Å². The van der Waals surface area contributed by atoms with Crippen molar-refractivity contribution in [3.8, 4) is 0 Å². The first-order chi connectivity index (χ1) is 10.1. The second kappa shape index (κ2) is 7.03. The number of carbonyl (C=O) groups excluding carboxylic acids is 1. The van der Waals surface area contributed by atoms with Gasteiger partial charge in [-0.25, -0.2) is 4.39 Å². The average Bonchev–Trinajstić information content (AvgIpc) is 2.76. The second-order valence-electron chi connectivity index (χ2n) is 5.90. The van der Waals surface area contributed by atoms with E-state index in [-0.39, 0.29) is 11.7 Å². The molecule has 0 bridgehead atoms. The molecular weight excluding hydrogens is 267 g/mol. The van der Waals surface area contributed by atoms with E-state index < -0.39 is 5.41 Å². The third-order valence-electron chi connectivity index (χ3n) is 4.61. The zero-order valence-corrected chi connectivity index (χ0v) is 12.8. The number of carbonyl (C=O) groups is 1. The highest BCUT2D eigenvalue weighted by Gasteiger charge is 2.40. The molecule has 1 saturated carbocycles. The van der Waals surface area contributed by atoms with Crippen LogP contribution in [0.4, 0.5) is 10.1 Å². The summed E-state index contributed by atoms with van der Waals surface area (Å²) < 4.78 is 14.0. The number of benzene rings is 1. The highest BCUT2D eigenvalue weighted by atomic mass is 19.1. The quantitative estimate of drug-likeness (QED) is 0.864. The van der Waals surface area contributed by atoms with Crippen molar-refractivity contribution in [2.24, 2.45) is 11.1 Å². The minimum atomic E-state index is -0.519. The van der Waals surface area contributed by atoms with Crippen molar-refractivity contribution in [3.05, 3.63) is 30.1 Å². The molecule has 0 unspecified atom stereocenters. The molecule has 0 heterocycles. The van der Waals surface area contributed by atoms with Gasteiger partial charge in [0, 0.05) is 13.1 Å². The molecular formula is C17H25FN2O. The lowest BCUT2D eigenvalue weighted by molar-refractivity contribution is -0.128. The molecule has 2 N–H and O–H groups in total. The summed E-state index contributed by atoms with van der Waals surface area (Å²) in [5, 5.41) is 0. The zero-order valence-electron chi connectivity index (χ0n) is 12.8. The van der Waals surface area contributed by atoms with Crippen LogP contribution in [-0.4, -0.2) is 19.0 Å². The van der Waals surface area contributed by atoms with Crippen LogP contribution >= 0.6 is 0 Å². The molecule has 1 aromatic carbocycles. The van der Waals surface area contributed by atoms with Crippen LogP contribution in [0.15, 0.2) is 24.3 Å². The van der Waals surface area contributed by atoms with Gasteiger partial charge in [-0.05, 0) is 31.9 Å². The Balaban J connectivity index is 2.32. The van der Waals surface area contributed by atoms with Crippen LogP contribution in [0.25, 0.3) is 0 Å². The molecule has 1 aliphatic rings. The van der Waals surface area contributed by atoms with Gasteiger partial charge in [-0.15, -0.1) is 0 Å². The number of hydrogen-bond donors (Lipinski definition) is 1. The fourth-order valence-corrected chi connectivity index (χ4v) is 3.29. The predicted octanol–water partition coefficient (Wildman–Crippen LogP) is 3.48. The van der Waals surface area contributed by atoms with Crippen molar-refractivity contribution in [3.63, 3.8) is 0 Å². The van der Waals surface area contributed by atoms with E-state index in [9.17, 15) is 9.18 Å². The van der Waals surface area contributed by atoms with Gasteiger partial charge in [0.15, 0.2) is 0 Å². The van der Waals surface area contributed by atoms with Crippen LogP contribution in [0.3, 0.4) is 0 Å². The Morgan fingerprint density at radius 2 is 1.86 bits per heavy atom. The summed E-state index contributed by atoms with van der Waals surface area (Å²) in [6.45, 7) is 2.68. The number of rotatable bonds is 4. The normalized spacial score (nSPS) is 18.0. The Morgan fingerprint density at radius 1 is 1.24 bits per heavy atom. The zero-order chi connectivity index (χ0) is 15.3. The van der Waals surface area contributed by atoms with Gasteiger partial charge < -0.3 is 10.6 Å². The van der Waals surface area contributed by atoms with Crippen molar-refractivity contribution >= 4 is 11.6 Å². The number of nitrogens with zero attached hydrogens (tertiary/aromatic N) is 1. The highest BCUT2D eigenvalue weighted by Crippen LogP contribution is 2.37. The molecule has 1 aromatic rings. The average molecular weight is 292 g/mol. The molecule has 0 saturated heterocycles. The third kappa shape index (κ3) is 3.26. The first-order valence-corrected chi connectivity index (χ1v) is 7.91. The van der Waals surface area contributed by atoms with Crippen molar-refractivity contribution in [1.82, 2.24) is 0 Å². The summed E-state index contributed by atoms with van der Waals surface area (Å²) in [6.07, 6.45) is 5.98. The smallest absolute Gasteiger partial charge is 0.234 e. The second-order valence-corrected chi connectivity index (χ2v) is 5.90. The first-order valence-electron chi connectivity index (χ1n) is 7.91. The van der Waals surface area contributed by atoms with Gasteiger partial charge in [-0.3, -0.25) is 4.79 Å². The van der Waals surface area contributed by atoms with Gasteiger partial charge in [-0.2, -0.15) is 0 Å². The van der Waals surface area contributed by atoms with Crippen molar-refractivity contribution < 1.29 is 9.18 Å². The molecule has 1 amide bonds. The molecule has 0 aromatic heterocycles. The minimum absolute atomic E-state index is 0.0144. The van der Waals surface area contributed by atoms with E-state index in [1.54, 1.807) is 23.1 Å². The first kappa shape index (κ1) is 16.0. The molecule has 21 heavy (non-hydrogen) atoms. The number of para-hydroxylation sites is 1. The fraction of sp³-hybridized carbons (Fsp3) is 0.588. The summed E-state index contributed by atoms with van der Waals surface area (Å²) in [7, 11) is 0. The van der Waals surface area contributed by atoms with Crippen LogP contribution in [0.5, 0.6) is 0 Å². The number of hydrogen-bond acceptors (Lipinski definition) is 2. The van der Waals surface area contributed by atoms with Gasteiger partial charge in [0.05, 0.1) is 11.1 Å². The molecule has 2 rings (SSSR count). The lowest BCUT2D eigenvalue weighted by Gasteiger charge is -2.35. The summed E-state index contributed by atoms with van der Waals surface area (Å²) in [5.41, 5.74) is 5.82. The van der Waals surface area contributed by atoms with Gasteiger partial charge in [0.25, 0.3) is 0 Å². The van der Waals surface area contributed by atoms with Gasteiger partial charge in [-0.1, -0.05) is 37.8 Å². The Hall–Kier alpha value is -1.42. The van der Waals surface area contributed by atoms with Gasteiger partial charge >= 0.3 is 0 Å². The van der Waals surface area contributed by atoms with E-state index in [1.807, 2.05) is 6.92 Å². The Bertz CT molecular complexity index is 481. The predicted molar refractivity (Wildman–Crippen MR) is 83.6 cm³/mol. The molecule has 0 atom stereocenters. The molecule has 0 aliphatic heterocycles. The highest BCUT2D eigenvalue weighted by molar-refractivity contribution is 5.97. The molecule has 0 radical (unpaired) electrons. The van der Waals surface area contributed by atoms with Gasteiger partial charge in [0.2, 0.25) is 5.91 Å². The van der Waals surface area contributed by atoms with E-state index in [1.165, 1.54) is 6.07 Å². The van der Waals surface area contributed by atoms with E-state index in [2.05, 4.69) is 0 Å². The van der Waals surface area contributed by atoms with E-state index >= 15 is 0 Å². The van der Waals surface area contributed by atoms with Crippen molar-refractivity contribution in [2.75, 3.05) is 18.0 Å². The number of nitrogens with two attached hydrogens (primary N) is 1. The fourth-order valence-electron chi connectivity index (χ4n) is 3.29. The van der Waals surface area contributed by atoms with Crippen molar-refractivity contribution in [2.45, 2.75) is 45.4 Å². The number of halogens is 1. The van der Waals surface area contributed by atoms with Crippen LogP contribution < -0.4 is 10.6 Å². The van der Waals surface area contributed by atoms with E-state index in [0.29, 0.717) is 18.8 Å². The third-order valence-corrected chi connectivity index (χ3v) is 4.61. The Morgan fingerprint density at radius 3 is 2.38 bits per heavy atom. The Labute approximate surface area is 126 Å². The van der Waals surface area contributed by atoms with E-state index in [0.717, 1.165) is 38.5 Å². The lowest BCUT2D eigenvalue weighted by atomic mass is 9.79. The van der Waals surface area contributed by atoms with Crippen LogP contribution in [0.2, 0.25) is 0 Å². The summed E-state index contributed by atoms with van der Waals surface area (Å²) in [4.78, 5) is 14.6. The molecule has 1 aliphatic carbocycles. The maximum atomic E-state index is 14.0. The summed E-state index contributed by atoms with van der Waals surface area (Å²) in [6, 6.07) is 6.46. The maximum Gasteiger partial charge on any atom is 0.234 e. The minimum Gasteiger partial charge on any atom is -0.329 e. The Kier molecular flexibility index (Phi) is 5.34. The molecule has 0 spiro atoms. The molecule has 3 nitrogen and oxygen atoms in total. The SMILES string of the molecule is CCN(C(=O)C1(CN)CCCCCC1)c1ccccc1F. The molecule has 116 valence electrons. The standard InChI is InChI=1S/C17H25FN2O/c1-2-20(15-10-6-5-9-14(15)18)16(21)17(13-19)11-7-3-4-8-12-17/h5-6,9-10H,2-4,7-8,11-13,19H2,1H3. The van der Waals surface area contributed by atoms with Crippen LogP contribution in [-0.2, 0) is 4.79 Å². The number of amides is 1. The molecule has 4 heteroatoms. The summed E-state index contributed by atoms with van der Waals surface area (Å²) >= 11 is 0. The number of anilines is 1. The monoisotopic (exact) mass is 292 g/mol. The van der Waals surface area contributed by atoms with Crippen LogP contribution in [0.1, 0.15) is 45.4 Å². The lowest BCUT2D eigenvalue weighted by Crippen LogP contribution is -2.48. The van der Waals surface area contributed by atoms with Crippen LogP contribution in [0, 0.1) is 11.2 Å². The largest absolute Gasteiger partial charge is 0.329 e.